The van der Waals surface area contributed by atoms with Crippen LogP contribution < -0.4 is 0 Å². The van der Waals surface area contributed by atoms with Crippen molar-refractivity contribution in [3.05, 3.63) is 158 Å². The molecule has 0 saturated heterocycles. The Morgan fingerprint density at radius 2 is 0.978 bits per heavy atom. The van der Waals surface area contributed by atoms with Crippen molar-refractivity contribution in [3.63, 3.8) is 0 Å². The molecule has 0 bridgehead atoms. The quantitative estimate of drug-likeness (QED) is 0.183. The van der Waals surface area contributed by atoms with Crippen molar-refractivity contribution < 1.29 is 4.42 Å². The monoisotopic (exact) mass is 602 g/mol. The second-order valence-electron chi connectivity index (χ2n) is 12.0. The van der Waals surface area contributed by atoms with Crippen LogP contribution in [0.1, 0.15) is 0 Å². The minimum atomic E-state index is 0.959. The summed E-state index contributed by atoms with van der Waals surface area (Å²) in [6.45, 7) is 0. The Labute approximate surface area is 269 Å². The molecule has 0 N–H and O–H groups in total. The van der Waals surface area contributed by atoms with Crippen LogP contribution in [0.4, 0.5) is 0 Å². The molecular formula is C44H26OS. The minimum absolute atomic E-state index is 0.959. The van der Waals surface area contributed by atoms with Gasteiger partial charge in [-0.25, -0.2) is 0 Å². The largest absolute Gasteiger partial charge is 0.463 e. The Hall–Kier alpha value is -5.70. The van der Waals surface area contributed by atoms with E-state index in [9.17, 15) is 0 Å². The molecule has 0 unspecified atom stereocenters. The van der Waals surface area contributed by atoms with Crippen LogP contribution in [0.2, 0.25) is 0 Å². The van der Waals surface area contributed by atoms with Gasteiger partial charge in [0.1, 0.15) is 5.58 Å². The number of rotatable bonds is 3. The van der Waals surface area contributed by atoms with Gasteiger partial charge in [-0.15, -0.1) is 11.3 Å². The minimum Gasteiger partial charge on any atom is -0.463 e. The summed E-state index contributed by atoms with van der Waals surface area (Å²) < 4.78 is 8.89. The van der Waals surface area contributed by atoms with Gasteiger partial charge in [0.25, 0.3) is 0 Å². The Kier molecular flexibility index (Phi) is 5.51. The Bertz CT molecular complexity index is 2740. The molecule has 1 nitrogen and oxygen atoms in total. The molecule has 0 atom stereocenters. The predicted molar refractivity (Wildman–Crippen MR) is 198 cm³/mol. The standard InChI is InChI=1S/C44H26OS/c1-2-11-28(12-3-1)38-26-45-44-36(38)21-23-40-43(44)37-25-31(20-22-39(37)46-40)42-34-16-8-6-14-32(34)41(33-15-7-9-17-35(33)42)30-19-18-27-10-4-5-13-29(27)24-30/h1-26H. The number of furan rings is 1. The lowest BCUT2D eigenvalue weighted by molar-refractivity contribution is 0.620. The second kappa shape index (κ2) is 9.90. The van der Waals surface area contributed by atoms with Crippen molar-refractivity contribution in [1.82, 2.24) is 0 Å². The number of hydrogen-bond acceptors (Lipinski definition) is 2. The second-order valence-corrected chi connectivity index (χ2v) is 13.1. The first kappa shape index (κ1) is 25.6. The van der Waals surface area contributed by atoms with Crippen molar-refractivity contribution in [2.24, 2.45) is 0 Å². The van der Waals surface area contributed by atoms with Gasteiger partial charge < -0.3 is 4.42 Å². The maximum Gasteiger partial charge on any atom is 0.143 e. The van der Waals surface area contributed by atoms with Gasteiger partial charge in [0, 0.05) is 31.1 Å². The van der Waals surface area contributed by atoms with Gasteiger partial charge in [-0.05, 0) is 90.5 Å². The molecule has 8 aromatic carbocycles. The van der Waals surface area contributed by atoms with Crippen LogP contribution in [0, 0.1) is 0 Å². The molecular weight excluding hydrogens is 577 g/mol. The molecule has 0 saturated carbocycles. The third kappa shape index (κ3) is 3.74. The Morgan fingerprint density at radius 3 is 1.70 bits per heavy atom. The molecule has 0 spiro atoms. The Morgan fingerprint density at radius 1 is 0.391 bits per heavy atom. The van der Waals surface area contributed by atoms with Crippen molar-refractivity contribution >= 4 is 74.8 Å². The summed E-state index contributed by atoms with van der Waals surface area (Å²) >= 11 is 1.83. The van der Waals surface area contributed by atoms with Gasteiger partial charge >= 0.3 is 0 Å². The van der Waals surface area contributed by atoms with E-state index in [0.29, 0.717) is 0 Å². The highest BCUT2D eigenvalue weighted by Gasteiger charge is 2.19. The predicted octanol–water partition coefficient (Wildman–Crippen LogP) is 13.3. The van der Waals surface area contributed by atoms with E-state index < -0.39 is 0 Å². The molecule has 46 heavy (non-hydrogen) atoms. The van der Waals surface area contributed by atoms with E-state index in [0.717, 1.165) is 16.5 Å². The fourth-order valence-electron chi connectivity index (χ4n) is 7.45. The first-order valence-electron chi connectivity index (χ1n) is 15.7. The molecule has 10 aromatic rings. The summed E-state index contributed by atoms with van der Waals surface area (Å²) in [6.07, 6.45) is 1.92. The zero-order chi connectivity index (χ0) is 30.2. The maximum atomic E-state index is 6.37. The number of fused-ring (bicyclic) bond motifs is 8. The third-order valence-electron chi connectivity index (χ3n) is 9.52. The van der Waals surface area contributed by atoms with Crippen LogP contribution in [-0.2, 0) is 0 Å². The van der Waals surface area contributed by atoms with Crippen LogP contribution in [0.3, 0.4) is 0 Å². The van der Waals surface area contributed by atoms with Crippen LogP contribution in [-0.4, -0.2) is 0 Å². The summed E-state index contributed by atoms with van der Waals surface area (Å²) in [6, 6.07) is 55.3. The van der Waals surface area contributed by atoms with Crippen LogP contribution in [0.15, 0.2) is 162 Å². The highest BCUT2D eigenvalue weighted by Crippen LogP contribution is 2.47. The van der Waals surface area contributed by atoms with E-state index in [4.69, 9.17) is 4.42 Å². The summed E-state index contributed by atoms with van der Waals surface area (Å²) in [4.78, 5) is 0. The van der Waals surface area contributed by atoms with Crippen LogP contribution in [0.25, 0.3) is 96.8 Å². The lowest BCUT2D eigenvalue weighted by Crippen LogP contribution is -1.91. The van der Waals surface area contributed by atoms with Gasteiger partial charge in [0.15, 0.2) is 0 Å². The normalized spacial score (nSPS) is 11.9. The van der Waals surface area contributed by atoms with E-state index in [1.807, 2.05) is 17.6 Å². The molecule has 2 aromatic heterocycles. The SMILES string of the molecule is c1ccc(-c2coc3c2ccc2sc4ccc(-c5c6ccccc6c(-c6ccc7ccccc7c6)c6ccccc56)cc4c23)cc1. The van der Waals surface area contributed by atoms with Gasteiger partial charge in [0.05, 0.1) is 6.26 Å². The van der Waals surface area contributed by atoms with Gasteiger partial charge in [-0.2, -0.15) is 0 Å². The van der Waals surface area contributed by atoms with Crippen LogP contribution in [0.5, 0.6) is 0 Å². The number of benzene rings is 8. The molecule has 0 aliphatic heterocycles. The lowest BCUT2D eigenvalue weighted by atomic mass is 9.85. The van der Waals surface area contributed by atoms with E-state index in [1.165, 1.54) is 80.3 Å². The molecule has 0 radical (unpaired) electrons. The van der Waals surface area contributed by atoms with Gasteiger partial charge in [0.2, 0.25) is 0 Å². The van der Waals surface area contributed by atoms with E-state index in [-0.39, 0.29) is 0 Å². The molecule has 2 heterocycles. The van der Waals surface area contributed by atoms with Crippen molar-refractivity contribution in [1.29, 1.82) is 0 Å². The molecule has 0 amide bonds. The Balaban J connectivity index is 1.25. The first-order chi connectivity index (χ1) is 22.8. The van der Waals surface area contributed by atoms with E-state index in [1.54, 1.807) is 0 Å². The molecule has 0 aliphatic carbocycles. The van der Waals surface area contributed by atoms with Crippen molar-refractivity contribution in [3.8, 4) is 33.4 Å². The summed E-state index contributed by atoms with van der Waals surface area (Å²) in [5, 5.41) is 11.2. The fraction of sp³-hybridized carbons (Fsp3) is 0. The highest BCUT2D eigenvalue weighted by molar-refractivity contribution is 7.26. The van der Waals surface area contributed by atoms with E-state index >= 15 is 0 Å². The lowest BCUT2D eigenvalue weighted by Gasteiger charge is -2.18. The number of hydrogen-bond donors (Lipinski definition) is 0. The van der Waals surface area contributed by atoms with Crippen LogP contribution >= 0.6 is 11.3 Å². The zero-order valence-electron chi connectivity index (χ0n) is 24.8. The smallest absolute Gasteiger partial charge is 0.143 e. The fourth-order valence-corrected chi connectivity index (χ4v) is 8.53. The van der Waals surface area contributed by atoms with Gasteiger partial charge in [-0.3, -0.25) is 0 Å². The topological polar surface area (TPSA) is 13.1 Å². The molecule has 0 fully saturated rings. The third-order valence-corrected chi connectivity index (χ3v) is 10.7. The van der Waals surface area contributed by atoms with E-state index in [2.05, 4.69) is 152 Å². The number of thiophene rings is 1. The molecule has 214 valence electrons. The van der Waals surface area contributed by atoms with Gasteiger partial charge in [-0.1, -0.05) is 121 Å². The van der Waals surface area contributed by atoms with Crippen molar-refractivity contribution in [2.75, 3.05) is 0 Å². The summed E-state index contributed by atoms with van der Waals surface area (Å²) in [7, 11) is 0. The zero-order valence-corrected chi connectivity index (χ0v) is 25.6. The summed E-state index contributed by atoms with van der Waals surface area (Å²) in [5.41, 5.74) is 8.28. The highest BCUT2D eigenvalue weighted by atomic mass is 32.1. The average Bonchev–Trinajstić information content (AvgIpc) is 3.72. The first-order valence-corrected chi connectivity index (χ1v) is 16.5. The average molecular weight is 603 g/mol. The van der Waals surface area contributed by atoms with Crippen molar-refractivity contribution in [2.45, 2.75) is 0 Å². The summed E-state index contributed by atoms with van der Waals surface area (Å²) in [5.74, 6) is 0. The molecule has 2 heteroatoms. The molecule has 10 rings (SSSR count). The maximum absolute atomic E-state index is 6.37. The molecule has 0 aliphatic rings.